The van der Waals surface area contributed by atoms with E-state index in [9.17, 15) is 10.1 Å². The Kier molecular flexibility index (Phi) is 5.32. The molecule has 1 aliphatic heterocycles. The van der Waals surface area contributed by atoms with E-state index in [0.29, 0.717) is 28.4 Å². The van der Waals surface area contributed by atoms with Crippen molar-refractivity contribution < 1.29 is 4.79 Å². The van der Waals surface area contributed by atoms with E-state index in [1.54, 1.807) is 11.3 Å². The molecule has 2 N–H and O–H groups in total. The predicted molar refractivity (Wildman–Crippen MR) is 121 cm³/mol. The lowest BCUT2D eigenvalue weighted by Crippen LogP contribution is -2.38. The number of ketones is 1. The predicted octanol–water partition coefficient (Wildman–Crippen LogP) is 6.09. The van der Waals surface area contributed by atoms with Gasteiger partial charge < -0.3 is 5.73 Å². The maximum Gasteiger partial charge on any atom is 0.161 e. The molecule has 0 amide bonds. The first kappa shape index (κ1) is 20.2. The molecule has 1 aromatic heterocycles. The molecular weight excluding hydrogens is 470 g/mol. The summed E-state index contributed by atoms with van der Waals surface area (Å²) < 4.78 is 0.979. The Hall–Kier alpha value is -2.07. The summed E-state index contributed by atoms with van der Waals surface area (Å²) in [7, 11) is 0. The molecule has 7 heteroatoms. The SMILES string of the molecule is Cc1ccc(Cl)cc1N1C(N)=C(C#N)C(c2cc(Br)c(C)s2)C2=C1CCCC2=O. The van der Waals surface area contributed by atoms with Crippen molar-refractivity contribution in [2.45, 2.75) is 39.0 Å². The van der Waals surface area contributed by atoms with Crippen LogP contribution < -0.4 is 10.6 Å². The molecule has 1 aliphatic carbocycles. The third kappa shape index (κ3) is 3.31. The Balaban J connectivity index is 2.00. The van der Waals surface area contributed by atoms with Crippen LogP contribution in [0.15, 0.2) is 51.4 Å². The zero-order valence-electron chi connectivity index (χ0n) is 16.1. The van der Waals surface area contributed by atoms with E-state index in [4.69, 9.17) is 17.3 Å². The van der Waals surface area contributed by atoms with Gasteiger partial charge in [-0.1, -0.05) is 17.7 Å². The average molecular weight is 489 g/mol. The number of halogens is 2. The van der Waals surface area contributed by atoms with Gasteiger partial charge in [-0.15, -0.1) is 11.3 Å². The van der Waals surface area contributed by atoms with Crippen LogP contribution in [0.4, 0.5) is 5.69 Å². The molecule has 0 radical (unpaired) electrons. The van der Waals surface area contributed by atoms with Crippen LogP contribution in [0.2, 0.25) is 5.02 Å². The van der Waals surface area contributed by atoms with Crippen molar-refractivity contribution in [1.82, 2.24) is 0 Å². The van der Waals surface area contributed by atoms with Gasteiger partial charge in [0.2, 0.25) is 0 Å². The van der Waals surface area contributed by atoms with Crippen molar-refractivity contribution in [3.05, 3.63) is 71.7 Å². The Morgan fingerprint density at radius 3 is 2.72 bits per heavy atom. The summed E-state index contributed by atoms with van der Waals surface area (Å²) in [6, 6.07) is 9.90. The zero-order chi connectivity index (χ0) is 20.9. The molecule has 0 saturated heterocycles. The molecule has 0 bridgehead atoms. The van der Waals surface area contributed by atoms with Crippen molar-refractivity contribution in [2.24, 2.45) is 5.73 Å². The standard InChI is InChI=1S/C22H19BrClN3OS/c1-11-6-7-13(24)8-17(11)27-16-4-3-5-18(28)21(16)20(14(10-25)22(27)26)19-9-15(23)12(2)29-19/h6-9,20H,3-5,26H2,1-2H3. The number of carbonyl (C=O) groups is 1. The number of carbonyl (C=O) groups excluding carboxylic acids is 1. The summed E-state index contributed by atoms with van der Waals surface area (Å²) in [5.74, 6) is 0.0374. The van der Waals surface area contributed by atoms with Gasteiger partial charge >= 0.3 is 0 Å². The maximum absolute atomic E-state index is 13.1. The molecule has 2 aromatic rings. The average Bonchev–Trinajstić information content (AvgIpc) is 3.01. The number of benzene rings is 1. The van der Waals surface area contributed by atoms with Crippen molar-refractivity contribution >= 4 is 50.3 Å². The second-order valence-electron chi connectivity index (χ2n) is 7.30. The number of Topliss-reactive ketones (excluding diaryl/α,β-unsaturated/α-hetero) is 1. The van der Waals surface area contributed by atoms with Crippen LogP contribution in [0.1, 0.15) is 40.5 Å². The van der Waals surface area contributed by atoms with E-state index in [0.717, 1.165) is 44.0 Å². The molecule has 0 saturated carbocycles. The van der Waals surface area contributed by atoms with Gasteiger partial charge in [-0.3, -0.25) is 9.69 Å². The number of aryl methyl sites for hydroxylation is 2. The number of thiophene rings is 1. The minimum atomic E-state index is -0.423. The summed E-state index contributed by atoms with van der Waals surface area (Å²) in [5.41, 5.74) is 10.4. The van der Waals surface area contributed by atoms with E-state index in [2.05, 4.69) is 22.0 Å². The maximum atomic E-state index is 13.1. The van der Waals surface area contributed by atoms with E-state index >= 15 is 0 Å². The van der Waals surface area contributed by atoms with Gasteiger partial charge in [-0.05, 0) is 66.4 Å². The Labute approximate surface area is 187 Å². The monoisotopic (exact) mass is 487 g/mol. The molecule has 2 heterocycles. The molecule has 1 atom stereocenters. The summed E-state index contributed by atoms with van der Waals surface area (Å²) in [5, 5.41) is 10.6. The van der Waals surface area contributed by atoms with Gasteiger partial charge in [0.1, 0.15) is 5.82 Å². The molecule has 2 aliphatic rings. The highest BCUT2D eigenvalue weighted by atomic mass is 79.9. The number of nitrogens with two attached hydrogens (primary N) is 1. The highest BCUT2D eigenvalue weighted by molar-refractivity contribution is 9.10. The number of nitrogens with zero attached hydrogens (tertiary/aromatic N) is 2. The normalized spacial score (nSPS) is 19.5. The lowest BCUT2D eigenvalue weighted by atomic mass is 9.78. The number of nitriles is 1. The van der Waals surface area contributed by atoms with Gasteiger partial charge in [0.05, 0.1) is 23.2 Å². The fraction of sp³-hybridized carbons (Fsp3) is 0.273. The van der Waals surface area contributed by atoms with Gasteiger partial charge in [0.25, 0.3) is 0 Å². The van der Waals surface area contributed by atoms with E-state index in [-0.39, 0.29) is 5.78 Å². The summed E-state index contributed by atoms with van der Waals surface area (Å²) in [6.07, 6.45) is 1.99. The molecule has 1 aromatic carbocycles. The van der Waals surface area contributed by atoms with Crippen molar-refractivity contribution in [1.29, 1.82) is 5.26 Å². The third-order valence-electron chi connectivity index (χ3n) is 5.49. The number of hydrogen-bond donors (Lipinski definition) is 1. The van der Waals surface area contributed by atoms with Crippen LogP contribution in [0.25, 0.3) is 0 Å². The van der Waals surface area contributed by atoms with E-state index in [1.807, 2.05) is 43.0 Å². The number of rotatable bonds is 2. The van der Waals surface area contributed by atoms with E-state index in [1.165, 1.54) is 0 Å². The van der Waals surface area contributed by atoms with Gasteiger partial charge in [-0.25, -0.2) is 0 Å². The first-order valence-corrected chi connectivity index (χ1v) is 11.3. The highest BCUT2D eigenvalue weighted by Gasteiger charge is 2.41. The second kappa shape index (κ2) is 7.64. The zero-order valence-corrected chi connectivity index (χ0v) is 19.2. The molecule has 0 spiro atoms. The largest absolute Gasteiger partial charge is 0.384 e. The molecule has 148 valence electrons. The topological polar surface area (TPSA) is 70.1 Å². The molecule has 4 nitrogen and oxygen atoms in total. The van der Waals surface area contributed by atoms with Crippen molar-refractivity contribution in [3.63, 3.8) is 0 Å². The van der Waals surface area contributed by atoms with Crippen LogP contribution in [0.3, 0.4) is 0 Å². The fourth-order valence-electron chi connectivity index (χ4n) is 4.09. The molecule has 4 rings (SSSR count). The van der Waals surface area contributed by atoms with Crippen LogP contribution in [-0.4, -0.2) is 5.78 Å². The van der Waals surface area contributed by atoms with Crippen molar-refractivity contribution in [3.8, 4) is 6.07 Å². The third-order valence-corrected chi connectivity index (χ3v) is 7.92. The summed E-state index contributed by atoms with van der Waals surface area (Å²) in [6.45, 7) is 3.99. The van der Waals surface area contributed by atoms with Crippen LogP contribution in [-0.2, 0) is 4.79 Å². The Morgan fingerprint density at radius 1 is 1.31 bits per heavy atom. The van der Waals surface area contributed by atoms with Crippen LogP contribution >= 0.6 is 38.9 Å². The molecular formula is C22H19BrClN3OS. The molecule has 0 fully saturated rings. The highest BCUT2D eigenvalue weighted by Crippen LogP contribution is 2.49. The van der Waals surface area contributed by atoms with E-state index < -0.39 is 5.92 Å². The second-order valence-corrected chi connectivity index (χ2v) is 9.88. The fourth-order valence-corrected chi connectivity index (χ4v) is 5.94. The summed E-state index contributed by atoms with van der Waals surface area (Å²) >= 11 is 11.4. The van der Waals surface area contributed by atoms with Gasteiger partial charge in [0.15, 0.2) is 5.78 Å². The smallest absolute Gasteiger partial charge is 0.161 e. The Morgan fingerprint density at radius 2 is 2.07 bits per heavy atom. The lowest BCUT2D eigenvalue weighted by molar-refractivity contribution is -0.116. The van der Waals surface area contributed by atoms with Gasteiger partial charge in [-0.2, -0.15) is 5.26 Å². The summed E-state index contributed by atoms with van der Waals surface area (Å²) in [4.78, 5) is 17.0. The number of anilines is 1. The minimum absolute atomic E-state index is 0.0864. The minimum Gasteiger partial charge on any atom is -0.384 e. The van der Waals surface area contributed by atoms with Crippen LogP contribution in [0.5, 0.6) is 0 Å². The first-order valence-electron chi connectivity index (χ1n) is 9.31. The number of hydrogen-bond acceptors (Lipinski definition) is 5. The number of allylic oxidation sites excluding steroid dienone is 3. The first-order chi connectivity index (χ1) is 13.8. The van der Waals surface area contributed by atoms with Gasteiger partial charge in [0, 0.05) is 36.9 Å². The van der Waals surface area contributed by atoms with Crippen molar-refractivity contribution in [2.75, 3.05) is 4.90 Å². The lowest BCUT2D eigenvalue weighted by Gasteiger charge is -2.39. The quantitative estimate of drug-likeness (QED) is 0.555. The molecule has 29 heavy (non-hydrogen) atoms. The Bertz CT molecular complexity index is 1120. The van der Waals surface area contributed by atoms with Crippen LogP contribution in [0, 0.1) is 25.2 Å². The molecule has 1 unspecified atom stereocenters.